The topological polar surface area (TPSA) is 50.4 Å². The second-order valence-corrected chi connectivity index (χ2v) is 7.23. The van der Waals surface area contributed by atoms with Crippen LogP contribution in [-0.2, 0) is 4.79 Å². The van der Waals surface area contributed by atoms with E-state index in [9.17, 15) is 9.18 Å². The van der Waals surface area contributed by atoms with Crippen molar-refractivity contribution in [2.45, 2.75) is 39.0 Å². The predicted octanol–water partition coefficient (Wildman–Crippen LogP) is 4.00. The van der Waals surface area contributed by atoms with Gasteiger partial charge in [-0.2, -0.15) is 0 Å². The minimum Gasteiger partial charge on any atom is -0.491 e. The van der Waals surface area contributed by atoms with Crippen molar-refractivity contribution in [2.24, 2.45) is 17.8 Å². The first-order chi connectivity index (χ1) is 11.6. The summed E-state index contributed by atoms with van der Waals surface area (Å²) < 4.78 is 19.2. The lowest BCUT2D eigenvalue weighted by atomic mass is 9.85. The Labute approximate surface area is 155 Å². The summed E-state index contributed by atoms with van der Waals surface area (Å²) in [6.07, 6.45) is 5.17. The van der Waals surface area contributed by atoms with Crippen molar-refractivity contribution in [1.29, 1.82) is 0 Å². The van der Waals surface area contributed by atoms with Crippen molar-refractivity contribution < 1.29 is 13.9 Å². The zero-order valence-electron chi connectivity index (χ0n) is 14.7. The number of carbonyl (C=O) groups is 1. The van der Waals surface area contributed by atoms with Gasteiger partial charge in [0.2, 0.25) is 5.91 Å². The fourth-order valence-corrected chi connectivity index (χ4v) is 3.24. The van der Waals surface area contributed by atoms with Crippen LogP contribution in [0.25, 0.3) is 0 Å². The van der Waals surface area contributed by atoms with Gasteiger partial charge in [0.25, 0.3) is 0 Å². The van der Waals surface area contributed by atoms with Crippen molar-refractivity contribution in [1.82, 2.24) is 5.32 Å². The number of piperidine rings is 1. The van der Waals surface area contributed by atoms with Crippen LogP contribution < -0.4 is 15.4 Å². The number of nitrogens with one attached hydrogen (secondary N) is 2. The van der Waals surface area contributed by atoms with Gasteiger partial charge in [-0.3, -0.25) is 4.79 Å². The van der Waals surface area contributed by atoms with E-state index in [-0.39, 0.29) is 24.1 Å². The van der Waals surface area contributed by atoms with Crippen molar-refractivity contribution in [3.8, 4) is 5.75 Å². The number of anilines is 1. The zero-order chi connectivity index (χ0) is 16.9. The third-order valence-electron chi connectivity index (χ3n) is 5.04. The lowest BCUT2D eigenvalue weighted by Gasteiger charge is -2.28. The first-order valence-electron chi connectivity index (χ1n) is 9.04. The number of carbonyl (C=O) groups excluding carboxylic acids is 1. The zero-order valence-corrected chi connectivity index (χ0v) is 15.5. The number of halogens is 2. The van der Waals surface area contributed by atoms with Gasteiger partial charge in [0.15, 0.2) is 0 Å². The molecule has 1 amide bonds. The molecule has 0 bridgehead atoms. The van der Waals surface area contributed by atoms with E-state index in [1.165, 1.54) is 37.8 Å². The Morgan fingerprint density at radius 2 is 2.20 bits per heavy atom. The summed E-state index contributed by atoms with van der Waals surface area (Å²) in [7, 11) is 0. The van der Waals surface area contributed by atoms with Crippen molar-refractivity contribution in [3.63, 3.8) is 0 Å². The summed E-state index contributed by atoms with van der Waals surface area (Å²) in [6, 6.07) is 4.29. The molecule has 3 rings (SSSR count). The number of hydrogen-bond donors (Lipinski definition) is 2. The lowest BCUT2D eigenvalue weighted by Crippen LogP contribution is -2.34. The minimum absolute atomic E-state index is 0. The van der Waals surface area contributed by atoms with Crippen LogP contribution in [0.4, 0.5) is 10.1 Å². The first-order valence-corrected chi connectivity index (χ1v) is 9.04. The van der Waals surface area contributed by atoms with Gasteiger partial charge in [-0.1, -0.05) is 6.92 Å². The molecule has 1 heterocycles. The van der Waals surface area contributed by atoms with Crippen molar-refractivity contribution in [2.75, 3.05) is 25.0 Å². The molecule has 0 radical (unpaired) electrons. The van der Waals surface area contributed by atoms with E-state index in [0.717, 1.165) is 13.1 Å². The van der Waals surface area contributed by atoms with Crippen LogP contribution in [0.1, 0.15) is 39.0 Å². The summed E-state index contributed by atoms with van der Waals surface area (Å²) in [5.41, 5.74) is 0.566. The molecule has 0 aromatic heterocycles. The number of hydrogen-bond acceptors (Lipinski definition) is 3. The Morgan fingerprint density at radius 1 is 1.40 bits per heavy atom. The molecule has 1 aliphatic heterocycles. The SMILES string of the molecule is CC(CC(=O)Nc1ccc(F)cc1OCC1CC1)C1CCCNC1.Cl. The Morgan fingerprint density at radius 3 is 2.88 bits per heavy atom. The molecule has 6 heteroatoms. The Bertz CT molecular complexity index is 575. The summed E-state index contributed by atoms with van der Waals surface area (Å²) in [5.74, 6) is 1.51. The Hall–Kier alpha value is -1.33. The largest absolute Gasteiger partial charge is 0.491 e. The van der Waals surface area contributed by atoms with Gasteiger partial charge >= 0.3 is 0 Å². The van der Waals surface area contributed by atoms with Gasteiger partial charge in [-0.15, -0.1) is 12.4 Å². The Balaban J connectivity index is 0.00000225. The van der Waals surface area contributed by atoms with Crippen LogP contribution in [0.2, 0.25) is 0 Å². The van der Waals surface area contributed by atoms with Crippen molar-refractivity contribution >= 4 is 24.0 Å². The second-order valence-electron chi connectivity index (χ2n) is 7.23. The van der Waals surface area contributed by atoms with Crippen LogP contribution in [-0.4, -0.2) is 25.6 Å². The standard InChI is InChI=1S/C19H27FN2O2.ClH/c1-13(15-3-2-8-21-11-15)9-19(23)22-17-7-6-16(20)10-18(17)24-12-14-4-5-14;/h6-7,10,13-15,21H,2-5,8-9,11-12H2,1H3,(H,22,23);1H. The van der Waals surface area contributed by atoms with Crippen LogP contribution in [0.3, 0.4) is 0 Å². The highest BCUT2D eigenvalue weighted by atomic mass is 35.5. The quantitative estimate of drug-likeness (QED) is 0.762. The monoisotopic (exact) mass is 370 g/mol. The van der Waals surface area contributed by atoms with E-state index in [0.29, 0.717) is 42.2 Å². The number of benzene rings is 1. The van der Waals surface area contributed by atoms with Gasteiger partial charge in [-0.25, -0.2) is 4.39 Å². The predicted molar refractivity (Wildman–Crippen MR) is 99.9 cm³/mol. The van der Waals surface area contributed by atoms with Crippen LogP contribution >= 0.6 is 12.4 Å². The normalized spacial score (nSPS) is 21.1. The third kappa shape index (κ3) is 6.15. The summed E-state index contributed by atoms with van der Waals surface area (Å²) >= 11 is 0. The highest BCUT2D eigenvalue weighted by Gasteiger charge is 2.24. The molecule has 2 N–H and O–H groups in total. The average Bonchev–Trinajstić information content (AvgIpc) is 3.40. The second kappa shape index (κ2) is 9.39. The van der Waals surface area contributed by atoms with Gasteiger partial charge in [-0.05, 0) is 68.7 Å². The number of ether oxygens (including phenoxy) is 1. The number of rotatable bonds is 7. The maximum atomic E-state index is 13.5. The van der Waals surface area contributed by atoms with Crippen LogP contribution in [0.5, 0.6) is 5.75 Å². The highest BCUT2D eigenvalue weighted by molar-refractivity contribution is 5.92. The average molecular weight is 371 g/mol. The molecule has 4 nitrogen and oxygen atoms in total. The van der Waals surface area contributed by atoms with E-state index >= 15 is 0 Å². The molecule has 2 atom stereocenters. The molecule has 1 aliphatic carbocycles. The molecule has 2 unspecified atom stereocenters. The molecule has 1 saturated carbocycles. The lowest BCUT2D eigenvalue weighted by molar-refractivity contribution is -0.117. The van der Waals surface area contributed by atoms with Crippen LogP contribution in [0, 0.1) is 23.6 Å². The fraction of sp³-hybridized carbons (Fsp3) is 0.632. The van der Waals surface area contributed by atoms with Gasteiger partial charge in [0.05, 0.1) is 12.3 Å². The van der Waals surface area contributed by atoms with E-state index in [4.69, 9.17) is 4.74 Å². The molecule has 2 fully saturated rings. The maximum Gasteiger partial charge on any atom is 0.224 e. The molecule has 140 valence electrons. The highest BCUT2D eigenvalue weighted by Crippen LogP contribution is 2.32. The Kier molecular flexibility index (Phi) is 7.51. The van der Waals surface area contributed by atoms with Gasteiger partial charge in [0.1, 0.15) is 11.6 Å². The third-order valence-corrected chi connectivity index (χ3v) is 5.04. The van der Waals surface area contributed by atoms with E-state index in [1.807, 2.05) is 0 Å². The minimum atomic E-state index is -0.347. The molecule has 2 aliphatic rings. The fourth-order valence-electron chi connectivity index (χ4n) is 3.24. The summed E-state index contributed by atoms with van der Waals surface area (Å²) in [4.78, 5) is 12.4. The molecule has 25 heavy (non-hydrogen) atoms. The van der Waals surface area contributed by atoms with E-state index in [2.05, 4.69) is 17.6 Å². The van der Waals surface area contributed by atoms with E-state index in [1.54, 1.807) is 6.07 Å². The van der Waals surface area contributed by atoms with Gasteiger partial charge < -0.3 is 15.4 Å². The summed E-state index contributed by atoms with van der Waals surface area (Å²) in [5, 5.41) is 6.29. The molecule has 1 saturated heterocycles. The number of amides is 1. The first kappa shape index (κ1) is 20.0. The molecular formula is C19H28ClFN2O2. The molecule has 1 aromatic carbocycles. The molecule has 0 spiro atoms. The van der Waals surface area contributed by atoms with Crippen LogP contribution in [0.15, 0.2) is 18.2 Å². The molecular weight excluding hydrogens is 343 g/mol. The maximum absolute atomic E-state index is 13.5. The van der Waals surface area contributed by atoms with Gasteiger partial charge in [0, 0.05) is 12.5 Å². The van der Waals surface area contributed by atoms with E-state index < -0.39 is 0 Å². The molecule has 1 aromatic rings. The summed E-state index contributed by atoms with van der Waals surface area (Å²) in [6.45, 7) is 4.79. The van der Waals surface area contributed by atoms with Crippen molar-refractivity contribution in [3.05, 3.63) is 24.0 Å². The smallest absolute Gasteiger partial charge is 0.224 e.